The number of anilines is 3. The quantitative estimate of drug-likeness (QED) is 0.199. The number of nitrogens with zero attached hydrogens (tertiary/aromatic N) is 1. The van der Waals surface area contributed by atoms with E-state index in [0.29, 0.717) is 0 Å². The molecule has 2 nitrogen and oxygen atoms in total. The Morgan fingerprint density at radius 1 is 0.500 bits per heavy atom. The van der Waals surface area contributed by atoms with Crippen molar-refractivity contribution in [3.05, 3.63) is 151 Å². The Morgan fingerprint density at radius 2 is 1.17 bits per heavy atom. The van der Waals surface area contributed by atoms with Crippen molar-refractivity contribution < 1.29 is 4.42 Å². The standard InChI is InChI=1S/C43H29NOS/c1-43(2)37-13-7-5-11-31(37)34-23-27(16-20-38(34)43)44(29-18-22-41-36(25-29)32-12-6-8-14-40(32)46-41)28-17-21-39-35(24-28)33-19-15-26-9-3-4-10-30(26)42(33)45-39/h3-25H,1-2H3. The van der Waals surface area contributed by atoms with E-state index in [9.17, 15) is 0 Å². The minimum absolute atomic E-state index is 0.0405. The molecule has 0 N–H and O–H groups in total. The van der Waals surface area contributed by atoms with Crippen molar-refractivity contribution in [1.29, 1.82) is 0 Å². The second kappa shape index (κ2) is 9.32. The van der Waals surface area contributed by atoms with Gasteiger partial charge in [0.05, 0.1) is 0 Å². The topological polar surface area (TPSA) is 16.4 Å². The lowest BCUT2D eigenvalue weighted by molar-refractivity contribution is 0.660. The summed E-state index contributed by atoms with van der Waals surface area (Å²) in [5, 5.41) is 7.18. The number of benzene rings is 7. The fourth-order valence-corrected chi connectivity index (χ4v) is 8.87. The van der Waals surface area contributed by atoms with Crippen molar-refractivity contribution in [2.24, 2.45) is 0 Å². The smallest absolute Gasteiger partial charge is 0.143 e. The number of fused-ring (bicyclic) bond motifs is 11. The van der Waals surface area contributed by atoms with Gasteiger partial charge in [-0.3, -0.25) is 0 Å². The fourth-order valence-electron chi connectivity index (χ4n) is 7.78. The summed E-state index contributed by atoms with van der Waals surface area (Å²) in [7, 11) is 0. The van der Waals surface area contributed by atoms with Gasteiger partial charge in [-0.25, -0.2) is 0 Å². The molecular weight excluding hydrogens is 579 g/mol. The molecule has 0 fully saturated rings. The molecule has 0 bridgehead atoms. The van der Waals surface area contributed by atoms with Gasteiger partial charge in [0.2, 0.25) is 0 Å². The van der Waals surface area contributed by atoms with Gasteiger partial charge < -0.3 is 9.32 Å². The normalized spacial score (nSPS) is 13.6. The number of furan rings is 1. The van der Waals surface area contributed by atoms with Crippen LogP contribution in [-0.4, -0.2) is 0 Å². The van der Waals surface area contributed by atoms with E-state index in [1.165, 1.54) is 47.8 Å². The lowest BCUT2D eigenvalue weighted by Gasteiger charge is -2.27. The fraction of sp³-hybridized carbons (Fsp3) is 0.0698. The maximum atomic E-state index is 6.51. The second-order valence-electron chi connectivity index (χ2n) is 13.0. The van der Waals surface area contributed by atoms with E-state index in [4.69, 9.17) is 4.42 Å². The van der Waals surface area contributed by atoms with Gasteiger partial charge in [0.1, 0.15) is 11.2 Å². The van der Waals surface area contributed by atoms with Crippen molar-refractivity contribution in [2.45, 2.75) is 19.3 Å². The first kappa shape index (κ1) is 25.9. The maximum Gasteiger partial charge on any atom is 0.143 e. The molecule has 2 aromatic heterocycles. The zero-order valence-corrected chi connectivity index (χ0v) is 26.4. The Labute approximate surface area is 270 Å². The highest BCUT2D eigenvalue weighted by Crippen LogP contribution is 2.51. The Balaban J connectivity index is 1.23. The summed E-state index contributed by atoms with van der Waals surface area (Å²) in [6.45, 7) is 4.68. The first-order valence-corrected chi connectivity index (χ1v) is 16.7. The second-order valence-corrected chi connectivity index (χ2v) is 14.0. The van der Waals surface area contributed by atoms with Crippen molar-refractivity contribution in [2.75, 3.05) is 4.90 Å². The molecule has 46 heavy (non-hydrogen) atoms. The lowest BCUT2D eigenvalue weighted by Crippen LogP contribution is -2.15. The van der Waals surface area contributed by atoms with Gasteiger partial charge >= 0.3 is 0 Å². The van der Waals surface area contributed by atoms with E-state index in [1.54, 1.807) is 0 Å². The summed E-state index contributed by atoms with van der Waals surface area (Å²) >= 11 is 1.86. The summed E-state index contributed by atoms with van der Waals surface area (Å²) < 4.78 is 9.13. The highest BCUT2D eigenvalue weighted by Gasteiger charge is 2.35. The molecule has 0 unspecified atom stereocenters. The van der Waals surface area contributed by atoms with E-state index < -0.39 is 0 Å². The van der Waals surface area contributed by atoms with Crippen LogP contribution in [0.3, 0.4) is 0 Å². The first-order valence-electron chi connectivity index (χ1n) is 15.8. The lowest BCUT2D eigenvalue weighted by atomic mass is 9.82. The summed E-state index contributed by atoms with van der Waals surface area (Å²) in [6.07, 6.45) is 0. The van der Waals surface area contributed by atoms with E-state index in [0.717, 1.165) is 44.4 Å². The summed E-state index contributed by atoms with van der Waals surface area (Å²) in [5.41, 5.74) is 10.6. The largest absolute Gasteiger partial charge is 0.455 e. The number of hydrogen-bond donors (Lipinski definition) is 0. The highest BCUT2D eigenvalue weighted by molar-refractivity contribution is 7.25. The van der Waals surface area contributed by atoms with Gasteiger partial charge in [-0.15, -0.1) is 11.3 Å². The zero-order chi connectivity index (χ0) is 30.6. The van der Waals surface area contributed by atoms with Gasteiger partial charge in [-0.05, 0) is 88.3 Å². The third-order valence-electron chi connectivity index (χ3n) is 10.0. The van der Waals surface area contributed by atoms with Gasteiger partial charge in [0, 0.05) is 58.8 Å². The summed E-state index contributed by atoms with van der Waals surface area (Å²) in [4.78, 5) is 2.42. The van der Waals surface area contributed by atoms with Crippen molar-refractivity contribution in [1.82, 2.24) is 0 Å². The van der Waals surface area contributed by atoms with E-state index in [1.807, 2.05) is 11.3 Å². The Hall–Kier alpha value is -5.38. The molecule has 0 atom stereocenters. The van der Waals surface area contributed by atoms with Gasteiger partial charge in [-0.2, -0.15) is 0 Å². The van der Waals surface area contributed by atoms with Crippen LogP contribution in [0.25, 0.3) is 64.0 Å². The minimum atomic E-state index is -0.0405. The number of rotatable bonds is 3. The molecular formula is C43H29NOS. The average Bonchev–Trinajstić information content (AvgIpc) is 3.73. The first-order chi connectivity index (χ1) is 22.5. The Bertz CT molecular complexity index is 2690. The molecule has 0 saturated carbocycles. The van der Waals surface area contributed by atoms with Crippen molar-refractivity contribution >= 4 is 81.3 Å². The van der Waals surface area contributed by atoms with Crippen LogP contribution in [0.4, 0.5) is 17.1 Å². The van der Waals surface area contributed by atoms with E-state index in [-0.39, 0.29) is 5.41 Å². The Kier molecular flexibility index (Phi) is 5.25. The minimum Gasteiger partial charge on any atom is -0.455 e. The maximum absolute atomic E-state index is 6.51. The van der Waals surface area contributed by atoms with E-state index in [2.05, 4.69) is 158 Å². The van der Waals surface area contributed by atoms with Crippen LogP contribution in [0, 0.1) is 0 Å². The van der Waals surface area contributed by atoms with Crippen molar-refractivity contribution in [3.8, 4) is 11.1 Å². The molecule has 9 aromatic rings. The molecule has 0 spiro atoms. The average molecular weight is 608 g/mol. The molecule has 7 aromatic carbocycles. The van der Waals surface area contributed by atoms with Crippen LogP contribution >= 0.6 is 11.3 Å². The molecule has 2 heterocycles. The van der Waals surface area contributed by atoms with Crippen LogP contribution in [-0.2, 0) is 5.41 Å². The molecule has 218 valence electrons. The monoisotopic (exact) mass is 607 g/mol. The summed E-state index contributed by atoms with van der Waals surface area (Å²) in [5.74, 6) is 0. The molecule has 1 aliphatic rings. The molecule has 0 radical (unpaired) electrons. The number of thiophene rings is 1. The molecule has 10 rings (SSSR count). The van der Waals surface area contributed by atoms with Crippen LogP contribution < -0.4 is 4.90 Å². The van der Waals surface area contributed by atoms with Crippen LogP contribution in [0.5, 0.6) is 0 Å². The number of hydrogen-bond acceptors (Lipinski definition) is 3. The third kappa shape index (κ3) is 3.58. The van der Waals surface area contributed by atoms with Crippen LogP contribution in [0.2, 0.25) is 0 Å². The van der Waals surface area contributed by atoms with Gasteiger partial charge in [0.15, 0.2) is 0 Å². The van der Waals surface area contributed by atoms with E-state index >= 15 is 0 Å². The predicted molar refractivity (Wildman–Crippen MR) is 196 cm³/mol. The highest BCUT2D eigenvalue weighted by atomic mass is 32.1. The van der Waals surface area contributed by atoms with Crippen molar-refractivity contribution in [3.63, 3.8) is 0 Å². The predicted octanol–water partition coefficient (Wildman–Crippen LogP) is 12.9. The molecule has 3 heteroatoms. The Morgan fingerprint density at radius 3 is 2.09 bits per heavy atom. The SMILES string of the molecule is CC1(C)c2ccccc2-c2cc(N(c3ccc4oc5c6ccccc6ccc5c4c3)c3ccc4sc5ccccc5c4c3)ccc21. The molecule has 0 saturated heterocycles. The zero-order valence-electron chi connectivity index (χ0n) is 25.5. The van der Waals surface area contributed by atoms with Gasteiger partial charge in [0.25, 0.3) is 0 Å². The molecule has 0 aliphatic heterocycles. The van der Waals surface area contributed by atoms with Gasteiger partial charge in [-0.1, -0.05) is 92.7 Å². The molecule has 1 aliphatic carbocycles. The molecule has 0 amide bonds. The summed E-state index contributed by atoms with van der Waals surface area (Å²) in [6, 6.07) is 51.1. The van der Waals surface area contributed by atoms with Crippen LogP contribution in [0.1, 0.15) is 25.0 Å². The third-order valence-corrected chi connectivity index (χ3v) is 11.2. The van der Waals surface area contributed by atoms with Crippen LogP contribution in [0.15, 0.2) is 144 Å².